The van der Waals surface area contributed by atoms with Gasteiger partial charge in [-0.15, -0.1) is 0 Å². The van der Waals surface area contributed by atoms with E-state index < -0.39 is 16.1 Å². The van der Waals surface area contributed by atoms with Gasteiger partial charge in [-0.05, 0) is 55.2 Å². The molecule has 3 rings (SSSR count). The van der Waals surface area contributed by atoms with Gasteiger partial charge in [-0.3, -0.25) is 4.72 Å². The van der Waals surface area contributed by atoms with E-state index in [9.17, 15) is 13.2 Å². The Bertz CT molecular complexity index is 971. The summed E-state index contributed by atoms with van der Waals surface area (Å²) < 4.78 is 28.4. The molecule has 1 saturated carbocycles. The number of nitrogens with two attached hydrogens (primary N) is 1. The highest BCUT2D eigenvalue weighted by Gasteiger charge is 2.18. The number of para-hydroxylation sites is 1. The molecule has 168 valence electrons. The third-order valence-electron chi connectivity index (χ3n) is 5.75. The fraction of sp³-hybridized carbons (Fsp3) is 0.435. The van der Waals surface area contributed by atoms with E-state index in [4.69, 9.17) is 5.73 Å². The van der Waals surface area contributed by atoms with Gasteiger partial charge in [-0.1, -0.05) is 50.3 Å². The lowest BCUT2D eigenvalue weighted by atomic mass is 9.85. The number of nitrogens with one attached hydrogen (secondary N) is 3. The fourth-order valence-electron chi connectivity index (χ4n) is 4.13. The molecule has 2 aromatic rings. The molecule has 8 heteroatoms. The van der Waals surface area contributed by atoms with Crippen molar-refractivity contribution in [3.05, 3.63) is 54.1 Å². The van der Waals surface area contributed by atoms with Crippen molar-refractivity contribution in [1.29, 1.82) is 0 Å². The van der Waals surface area contributed by atoms with Crippen LogP contribution < -0.4 is 21.1 Å². The maximum atomic E-state index is 12.8. The topological polar surface area (TPSA) is 113 Å². The number of anilines is 2. The van der Waals surface area contributed by atoms with Gasteiger partial charge in [0.25, 0.3) is 10.0 Å². The van der Waals surface area contributed by atoms with E-state index in [-0.39, 0.29) is 4.90 Å². The predicted octanol–water partition coefficient (Wildman–Crippen LogP) is 4.43. The Balaban J connectivity index is 1.63. The zero-order chi connectivity index (χ0) is 22.3. The molecular formula is C23H32N4O3S. The first-order valence-electron chi connectivity index (χ1n) is 10.8. The van der Waals surface area contributed by atoms with Gasteiger partial charge in [0, 0.05) is 18.3 Å². The molecule has 1 aliphatic carbocycles. The number of hydrogen-bond acceptors (Lipinski definition) is 4. The molecule has 1 aliphatic rings. The minimum Gasteiger partial charge on any atom is -0.351 e. The summed E-state index contributed by atoms with van der Waals surface area (Å²) in [6, 6.07) is 12.9. The van der Waals surface area contributed by atoms with E-state index >= 15 is 0 Å². The Morgan fingerprint density at radius 3 is 2.42 bits per heavy atom. The molecule has 0 heterocycles. The van der Waals surface area contributed by atoms with Crippen LogP contribution in [0.3, 0.4) is 0 Å². The Morgan fingerprint density at radius 1 is 1.06 bits per heavy atom. The fourth-order valence-corrected chi connectivity index (χ4v) is 5.23. The van der Waals surface area contributed by atoms with Gasteiger partial charge in [0.1, 0.15) is 0 Å². The van der Waals surface area contributed by atoms with E-state index in [1.807, 2.05) is 18.2 Å². The molecule has 2 amide bonds. The van der Waals surface area contributed by atoms with Crippen LogP contribution in [0.4, 0.5) is 16.2 Å². The van der Waals surface area contributed by atoms with Crippen LogP contribution >= 0.6 is 0 Å². The molecule has 0 aliphatic heterocycles. The van der Waals surface area contributed by atoms with Crippen molar-refractivity contribution >= 4 is 27.4 Å². The number of carbonyl (C=O) groups is 1. The van der Waals surface area contributed by atoms with Crippen LogP contribution in [0.1, 0.15) is 51.0 Å². The maximum Gasteiger partial charge on any atom is 0.316 e. The van der Waals surface area contributed by atoms with Crippen molar-refractivity contribution in [2.45, 2.75) is 62.9 Å². The monoisotopic (exact) mass is 444 g/mol. The van der Waals surface area contributed by atoms with E-state index in [0.29, 0.717) is 24.0 Å². The summed E-state index contributed by atoms with van der Waals surface area (Å²) >= 11 is 0. The third kappa shape index (κ3) is 6.97. The minimum absolute atomic E-state index is 0.107. The Labute approximate surface area is 184 Å². The smallest absolute Gasteiger partial charge is 0.316 e. The number of benzene rings is 2. The van der Waals surface area contributed by atoms with Crippen molar-refractivity contribution in [2.24, 2.45) is 11.7 Å². The number of sulfonamides is 1. The summed E-state index contributed by atoms with van der Waals surface area (Å²) in [6.07, 6.45) is 7.81. The second-order valence-corrected chi connectivity index (χ2v) is 9.98. The first-order valence-corrected chi connectivity index (χ1v) is 12.3. The summed E-state index contributed by atoms with van der Waals surface area (Å²) in [5, 5.41) is 5.96. The van der Waals surface area contributed by atoms with Crippen LogP contribution in [0.25, 0.3) is 0 Å². The van der Waals surface area contributed by atoms with Crippen molar-refractivity contribution in [3.8, 4) is 0 Å². The largest absolute Gasteiger partial charge is 0.351 e. The molecule has 0 spiro atoms. The first-order chi connectivity index (χ1) is 14.8. The second-order valence-electron chi connectivity index (χ2n) is 8.30. The zero-order valence-corrected chi connectivity index (χ0v) is 18.8. The number of urea groups is 1. The van der Waals surface area contributed by atoms with E-state index in [2.05, 4.69) is 22.3 Å². The second kappa shape index (κ2) is 10.6. The highest BCUT2D eigenvalue weighted by atomic mass is 32.2. The number of rotatable bonds is 9. The molecule has 1 atom stereocenters. The number of carbonyl (C=O) groups excluding carboxylic acids is 1. The zero-order valence-electron chi connectivity index (χ0n) is 17.9. The molecule has 2 aromatic carbocycles. The Hall–Kier alpha value is -2.58. The molecule has 7 nitrogen and oxygen atoms in total. The van der Waals surface area contributed by atoms with Gasteiger partial charge in [0.2, 0.25) is 0 Å². The number of amides is 2. The molecule has 0 bridgehead atoms. The van der Waals surface area contributed by atoms with Gasteiger partial charge in [-0.25, -0.2) is 13.2 Å². The summed E-state index contributed by atoms with van der Waals surface area (Å²) in [7, 11) is -3.76. The lowest BCUT2D eigenvalue weighted by molar-refractivity contribution is 0.259. The molecule has 0 saturated heterocycles. The van der Waals surface area contributed by atoms with Gasteiger partial charge in [0.15, 0.2) is 0 Å². The van der Waals surface area contributed by atoms with Crippen LogP contribution in [0, 0.1) is 5.92 Å². The van der Waals surface area contributed by atoms with Gasteiger partial charge >= 0.3 is 6.03 Å². The average molecular weight is 445 g/mol. The quantitative estimate of drug-likeness (QED) is 0.458. The normalized spacial score (nSPS) is 15.9. The molecule has 31 heavy (non-hydrogen) atoms. The highest BCUT2D eigenvalue weighted by molar-refractivity contribution is 7.92. The molecule has 0 radical (unpaired) electrons. The Morgan fingerprint density at radius 2 is 1.74 bits per heavy atom. The summed E-state index contributed by atoms with van der Waals surface area (Å²) in [6.45, 7) is 2.79. The SMILES string of the molecule is CC(CC1CCCCC1)NCc1ccccc1NS(=O)(=O)c1ccc(NC(N)=O)cc1. The van der Waals surface area contributed by atoms with Crippen LogP contribution in [0.5, 0.6) is 0 Å². The lowest BCUT2D eigenvalue weighted by Gasteiger charge is -2.25. The maximum absolute atomic E-state index is 12.8. The number of primary amides is 1. The molecular weight excluding hydrogens is 412 g/mol. The third-order valence-corrected chi connectivity index (χ3v) is 7.13. The van der Waals surface area contributed by atoms with E-state index in [1.165, 1.54) is 56.4 Å². The van der Waals surface area contributed by atoms with Crippen molar-refractivity contribution in [2.75, 3.05) is 10.0 Å². The number of hydrogen-bond donors (Lipinski definition) is 4. The average Bonchev–Trinajstić information content (AvgIpc) is 2.73. The molecule has 1 fully saturated rings. The van der Waals surface area contributed by atoms with Crippen molar-refractivity contribution in [3.63, 3.8) is 0 Å². The minimum atomic E-state index is -3.76. The van der Waals surface area contributed by atoms with Crippen molar-refractivity contribution < 1.29 is 13.2 Å². The molecule has 1 unspecified atom stereocenters. The van der Waals surface area contributed by atoms with E-state index in [0.717, 1.165) is 17.9 Å². The van der Waals surface area contributed by atoms with E-state index in [1.54, 1.807) is 6.07 Å². The van der Waals surface area contributed by atoms with Crippen LogP contribution in [0.15, 0.2) is 53.4 Å². The summed E-state index contributed by atoms with van der Waals surface area (Å²) in [5.41, 5.74) is 6.97. The van der Waals surface area contributed by atoms with Crippen LogP contribution in [0.2, 0.25) is 0 Å². The predicted molar refractivity (Wildman–Crippen MR) is 124 cm³/mol. The summed E-state index contributed by atoms with van der Waals surface area (Å²) in [4.78, 5) is 11.0. The Kier molecular flexibility index (Phi) is 7.92. The van der Waals surface area contributed by atoms with Crippen LogP contribution in [-0.2, 0) is 16.6 Å². The molecule has 0 aromatic heterocycles. The lowest BCUT2D eigenvalue weighted by Crippen LogP contribution is -2.29. The summed E-state index contributed by atoms with van der Waals surface area (Å²) in [5.74, 6) is 0.789. The highest BCUT2D eigenvalue weighted by Crippen LogP contribution is 2.27. The van der Waals surface area contributed by atoms with Gasteiger partial charge in [0.05, 0.1) is 10.6 Å². The van der Waals surface area contributed by atoms with Gasteiger partial charge < -0.3 is 16.4 Å². The molecule has 5 N–H and O–H groups in total. The van der Waals surface area contributed by atoms with Crippen molar-refractivity contribution in [1.82, 2.24) is 5.32 Å². The standard InChI is InChI=1S/C23H32N4O3S/c1-17(15-18-7-3-2-4-8-18)25-16-19-9-5-6-10-22(19)27-31(29,30)21-13-11-20(12-14-21)26-23(24)28/h5-6,9-14,17-18,25,27H,2-4,7-8,15-16H2,1H3,(H3,24,26,28). The van der Waals surface area contributed by atoms with Crippen LogP contribution in [-0.4, -0.2) is 20.5 Å². The van der Waals surface area contributed by atoms with Gasteiger partial charge in [-0.2, -0.15) is 0 Å². The first kappa shape index (κ1) is 23.1.